The summed E-state index contributed by atoms with van der Waals surface area (Å²) in [6.07, 6.45) is 2.07. The SMILES string of the molecule is Cc1noc(CCC(=O)Nc2cccc(N3CCCCS3(=O)=O)c2)n1. The van der Waals surface area contributed by atoms with Gasteiger partial charge >= 0.3 is 0 Å². The Bertz CT molecular complexity index is 863. The molecule has 1 aliphatic rings. The molecule has 1 aromatic heterocycles. The summed E-state index contributed by atoms with van der Waals surface area (Å²) in [4.78, 5) is 16.1. The van der Waals surface area contributed by atoms with E-state index in [9.17, 15) is 13.2 Å². The van der Waals surface area contributed by atoms with Crippen molar-refractivity contribution in [2.24, 2.45) is 0 Å². The molecule has 0 aliphatic carbocycles. The summed E-state index contributed by atoms with van der Waals surface area (Å²) in [6, 6.07) is 6.88. The number of hydrogen-bond acceptors (Lipinski definition) is 6. The number of rotatable bonds is 5. The molecule has 25 heavy (non-hydrogen) atoms. The molecular weight excluding hydrogens is 344 g/mol. The second-order valence-corrected chi connectivity index (χ2v) is 7.94. The van der Waals surface area contributed by atoms with Crippen molar-refractivity contribution in [3.05, 3.63) is 36.0 Å². The Morgan fingerprint density at radius 1 is 1.36 bits per heavy atom. The lowest BCUT2D eigenvalue weighted by Crippen LogP contribution is -2.37. The molecule has 1 saturated heterocycles. The van der Waals surface area contributed by atoms with Crippen LogP contribution in [0.1, 0.15) is 31.0 Å². The van der Waals surface area contributed by atoms with Crippen LogP contribution in [-0.4, -0.2) is 36.8 Å². The Morgan fingerprint density at radius 2 is 2.20 bits per heavy atom. The van der Waals surface area contributed by atoms with E-state index in [1.807, 2.05) is 0 Å². The second-order valence-electron chi connectivity index (χ2n) is 5.93. The van der Waals surface area contributed by atoms with Crippen molar-refractivity contribution in [1.82, 2.24) is 10.1 Å². The zero-order valence-electron chi connectivity index (χ0n) is 13.9. The van der Waals surface area contributed by atoms with Crippen LogP contribution >= 0.6 is 0 Å². The molecule has 0 unspecified atom stereocenters. The Kier molecular flexibility index (Phi) is 5.03. The first kappa shape index (κ1) is 17.4. The van der Waals surface area contributed by atoms with E-state index in [1.165, 1.54) is 4.31 Å². The minimum atomic E-state index is -3.27. The van der Waals surface area contributed by atoms with Crippen molar-refractivity contribution in [2.45, 2.75) is 32.6 Å². The van der Waals surface area contributed by atoms with Crippen LogP contribution in [0.15, 0.2) is 28.8 Å². The van der Waals surface area contributed by atoms with E-state index in [0.717, 1.165) is 6.42 Å². The van der Waals surface area contributed by atoms with Crippen LogP contribution in [0.2, 0.25) is 0 Å². The monoisotopic (exact) mass is 364 g/mol. The smallest absolute Gasteiger partial charge is 0.235 e. The highest BCUT2D eigenvalue weighted by molar-refractivity contribution is 7.92. The lowest BCUT2D eigenvalue weighted by molar-refractivity contribution is -0.116. The van der Waals surface area contributed by atoms with Crippen LogP contribution in [0.4, 0.5) is 11.4 Å². The highest BCUT2D eigenvalue weighted by atomic mass is 32.2. The molecule has 2 aromatic rings. The van der Waals surface area contributed by atoms with Crippen LogP contribution in [0.5, 0.6) is 0 Å². The van der Waals surface area contributed by atoms with Gasteiger partial charge in [0.1, 0.15) is 0 Å². The largest absolute Gasteiger partial charge is 0.339 e. The predicted molar refractivity (Wildman–Crippen MR) is 92.8 cm³/mol. The molecule has 134 valence electrons. The minimum absolute atomic E-state index is 0.160. The first-order valence-corrected chi connectivity index (χ1v) is 9.74. The molecule has 1 fully saturated rings. The maximum absolute atomic E-state index is 12.2. The van der Waals surface area contributed by atoms with Gasteiger partial charge in [-0.15, -0.1) is 0 Å². The summed E-state index contributed by atoms with van der Waals surface area (Å²) in [5, 5.41) is 6.45. The number of aromatic nitrogens is 2. The standard InChI is InChI=1S/C16H20N4O4S/c1-12-17-16(24-19-12)8-7-15(21)18-13-5-4-6-14(11-13)20-9-2-3-10-25(20,22)23/h4-6,11H,2-3,7-10H2,1H3,(H,18,21). The van der Waals surface area contributed by atoms with Gasteiger partial charge in [0.25, 0.3) is 0 Å². The molecular formula is C16H20N4O4S. The number of anilines is 2. The average molecular weight is 364 g/mol. The summed E-state index contributed by atoms with van der Waals surface area (Å²) in [7, 11) is -3.27. The number of hydrogen-bond donors (Lipinski definition) is 1. The van der Waals surface area contributed by atoms with Gasteiger partial charge in [0, 0.05) is 25.1 Å². The van der Waals surface area contributed by atoms with Crippen molar-refractivity contribution in [2.75, 3.05) is 21.9 Å². The number of carbonyl (C=O) groups excluding carboxylic acids is 1. The van der Waals surface area contributed by atoms with Crippen molar-refractivity contribution >= 4 is 27.3 Å². The molecule has 2 heterocycles. The van der Waals surface area contributed by atoms with E-state index in [1.54, 1.807) is 31.2 Å². The maximum atomic E-state index is 12.2. The highest BCUT2D eigenvalue weighted by Gasteiger charge is 2.26. The zero-order chi connectivity index (χ0) is 17.9. The number of benzene rings is 1. The summed E-state index contributed by atoms with van der Waals surface area (Å²) in [5.74, 6) is 0.911. The average Bonchev–Trinajstić information content (AvgIpc) is 2.98. The number of nitrogens with zero attached hydrogens (tertiary/aromatic N) is 3. The van der Waals surface area contributed by atoms with Gasteiger partial charge in [0.2, 0.25) is 21.8 Å². The van der Waals surface area contributed by atoms with E-state index in [-0.39, 0.29) is 18.1 Å². The third-order valence-corrected chi connectivity index (χ3v) is 5.77. The van der Waals surface area contributed by atoms with E-state index in [4.69, 9.17) is 4.52 Å². The lowest BCUT2D eigenvalue weighted by atomic mass is 10.2. The molecule has 9 heteroatoms. The molecule has 0 saturated carbocycles. The van der Waals surface area contributed by atoms with Crippen LogP contribution in [-0.2, 0) is 21.2 Å². The molecule has 1 amide bonds. The molecule has 8 nitrogen and oxygen atoms in total. The third-order valence-electron chi connectivity index (χ3n) is 3.90. The van der Waals surface area contributed by atoms with Gasteiger partial charge in [0.15, 0.2) is 5.82 Å². The molecule has 0 atom stereocenters. The Balaban J connectivity index is 1.64. The topological polar surface area (TPSA) is 105 Å². The summed E-state index contributed by atoms with van der Waals surface area (Å²) in [6.45, 7) is 2.18. The van der Waals surface area contributed by atoms with Crippen molar-refractivity contribution < 1.29 is 17.7 Å². The zero-order valence-corrected chi connectivity index (χ0v) is 14.8. The molecule has 3 rings (SSSR count). The molecule has 0 bridgehead atoms. The summed E-state index contributed by atoms with van der Waals surface area (Å²) >= 11 is 0. The first-order chi connectivity index (χ1) is 11.9. The Hall–Kier alpha value is -2.42. The Labute approximate surface area is 146 Å². The molecule has 1 aliphatic heterocycles. The van der Waals surface area contributed by atoms with Crippen LogP contribution in [0.25, 0.3) is 0 Å². The van der Waals surface area contributed by atoms with Crippen molar-refractivity contribution in [3.8, 4) is 0 Å². The Morgan fingerprint density at radius 3 is 2.92 bits per heavy atom. The van der Waals surface area contributed by atoms with Crippen LogP contribution in [0, 0.1) is 6.92 Å². The number of carbonyl (C=O) groups is 1. The molecule has 0 radical (unpaired) electrons. The quantitative estimate of drug-likeness (QED) is 0.868. The number of nitrogens with one attached hydrogen (secondary N) is 1. The lowest BCUT2D eigenvalue weighted by Gasteiger charge is -2.28. The van der Waals surface area contributed by atoms with Gasteiger partial charge < -0.3 is 9.84 Å². The molecule has 0 spiro atoms. The highest BCUT2D eigenvalue weighted by Crippen LogP contribution is 2.26. The molecule has 1 N–H and O–H groups in total. The van der Waals surface area contributed by atoms with Crippen LogP contribution < -0.4 is 9.62 Å². The van der Waals surface area contributed by atoms with Gasteiger partial charge in [-0.3, -0.25) is 9.10 Å². The molecule has 1 aromatic carbocycles. The van der Waals surface area contributed by atoms with Gasteiger partial charge in [-0.25, -0.2) is 8.42 Å². The number of aryl methyl sites for hydroxylation is 2. The number of amides is 1. The van der Waals surface area contributed by atoms with Gasteiger partial charge in [0.05, 0.1) is 11.4 Å². The van der Waals surface area contributed by atoms with Crippen LogP contribution in [0.3, 0.4) is 0 Å². The normalized spacial score (nSPS) is 16.6. The second kappa shape index (κ2) is 7.22. The fourth-order valence-corrected chi connectivity index (χ4v) is 4.33. The van der Waals surface area contributed by atoms with Crippen molar-refractivity contribution in [1.29, 1.82) is 0 Å². The third kappa shape index (κ3) is 4.36. The summed E-state index contributed by atoms with van der Waals surface area (Å²) < 4.78 is 30.8. The van der Waals surface area contributed by atoms with Gasteiger partial charge in [-0.1, -0.05) is 11.2 Å². The van der Waals surface area contributed by atoms with E-state index in [0.29, 0.717) is 42.5 Å². The van der Waals surface area contributed by atoms with Crippen molar-refractivity contribution in [3.63, 3.8) is 0 Å². The van der Waals surface area contributed by atoms with E-state index in [2.05, 4.69) is 15.5 Å². The number of sulfonamides is 1. The van der Waals surface area contributed by atoms with E-state index >= 15 is 0 Å². The predicted octanol–water partition coefficient (Wildman–Crippen LogP) is 1.88. The first-order valence-electron chi connectivity index (χ1n) is 8.13. The van der Waals surface area contributed by atoms with E-state index < -0.39 is 10.0 Å². The maximum Gasteiger partial charge on any atom is 0.235 e. The van der Waals surface area contributed by atoms with Gasteiger partial charge in [-0.2, -0.15) is 4.98 Å². The minimum Gasteiger partial charge on any atom is -0.339 e. The van der Waals surface area contributed by atoms with Gasteiger partial charge in [-0.05, 0) is 38.0 Å². The fourth-order valence-electron chi connectivity index (χ4n) is 2.70. The fraction of sp³-hybridized carbons (Fsp3) is 0.438. The summed E-state index contributed by atoms with van der Waals surface area (Å²) in [5.41, 5.74) is 1.13.